The Kier molecular flexibility index (Phi) is 4.62. The molecule has 3 rings (SSSR count). The molecule has 1 aliphatic rings. The zero-order chi connectivity index (χ0) is 13.4. The summed E-state index contributed by atoms with van der Waals surface area (Å²) >= 11 is 1.53. The van der Waals surface area contributed by atoms with Gasteiger partial charge in [0, 0.05) is 30.7 Å². The van der Waals surface area contributed by atoms with E-state index in [1.807, 2.05) is 13.1 Å². The van der Waals surface area contributed by atoms with E-state index in [9.17, 15) is 4.39 Å². The van der Waals surface area contributed by atoms with Gasteiger partial charge in [-0.25, -0.2) is 9.37 Å². The molecular formula is C14H17ClFN3S. The van der Waals surface area contributed by atoms with E-state index in [0.29, 0.717) is 5.13 Å². The lowest BCUT2D eigenvalue weighted by Gasteiger charge is -2.29. The number of anilines is 1. The van der Waals surface area contributed by atoms with Gasteiger partial charge in [0.05, 0.1) is 0 Å². The largest absolute Gasteiger partial charge is 0.375 e. The first-order chi connectivity index (χ1) is 9.11. The van der Waals surface area contributed by atoms with Crippen LogP contribution >= 0.6 is 23.7 Å². The summed E-state index contributed by atoms with van der Waals surface area (Å²) in [6.07, 6.45) is 2.75. The lowest BCUT2D eigenvalue weighted by atomic mass is 9.95. The summed E-state index contributed by atoms with van der Waals surface area (Å²) in [5, 5.41) is 0.616. The normalized spacial score (nSPS) is 14.7. The molecule has 0 fully saturated rings. The van der Waals surface area contributed by atoms with Crippen LogP contribution in [0.3, 0.4) is 0 Å². The molecule has 0 spiro atoms. The molecule has 1 aromatic carbocycles. The molecule has 1 aliphatic heterocycles. The second-order valence-electron chi connectivity index (χ2n) is 4.99. The molecule has 6 heteroatoms. The van der Waals surface area contributed by atoms with E-state index in [1.54, 1.807) is 12.1 Å². The molecule has 108 valence electrons. The Balaban J connectivity index is 0.00000147. The number of aryl methyl sites for hydroxylation is 1. The van der Waals surface area contributed by atoms with Crippen LogP contribution in [0.4, 0.5) is 9.52 Å². The van der Waals surface area contributed by atoms with Crippen molar-refractivity contribution in [2.24, 2.45) is 0 Å². The maximum Gasteiger partial charge on any atom is 0.180 e. The number of aromatic nitrogens is 1. The van der Waals surface area contributed by atoms with Gasteiger partial charge in [0.2, 0.25) is 0 Å². The van der Waals surface area contributed by atoms with Gasteiger partial charge in [-0.2, -0.15) is 0 Å². The third kappa shape index (κ3) is 3.11. The number of rotatable bonds is 2. The number of halogens is 2. The number of hydrogen-bond acceptors (Lipinski definition) is 4. The van der Waals surface area contributed by atoms with Gasteiger partial charge in [0.1, 0.15) is 5.82 Å². The fourth-order valence-corrected chi connectivity index (χ4v) is 3.35. The highest BCUT2D eigenvalue weighted by atomic mass is 35.5. The van der Waals surface area contributed by atoms with Gasteiger partial charge in [0.25, 0.3) is 0 Å². The second-order valence-corrected chi connectivity index (χ2v) is 6.13. The Morgan fingerprint density at radius 3 is 2.95 bits per heavy atom. The first kappa shape index (κ1) is 15.2. The van der Waals surface area contributed by atoms with Crippen molar-refractivity contribution in [2.75, 3.05) is 12.3 Å². The minimum Gasteiger partial charge on any atom is -0.375 e. The number of hydrogen-bond donors (Lipinski definition) is 1. The molecule has 0 radical (unpaired) electrons. The van der Waals surface area contributed by atoms with Crippen molar-refractivity contribution in [3.8, 4) is 0 Å². The summed E-state index contributed by atoms with van der Waals surface area (Å²) < 4.78 is 13.4. The third-order valence-corrected chi connectivity index (χ3v) is 4.37. The highest BCUT2D eigenvalue weighted by Gasteiger charge is 2.19. The van der Waals surface area contributed by atoms with Crippen molar-refractivity contribution >= 4 is 28.9 Å². The molecule has 20 heavy (non-hydrogen) atoms. The minimum absolute atomic E-state index is 0. The van der Waals surface area contributed by atoms with Crippen molar-refractivity contribution < 1.29 is 4.39 Å². The first-order valence-corrected chi connectivity index (χ1v) is 7.14. The van der Waals surface area contributed by atoms with Crippen molar-refractivity contribution in [1.29, 1.82) is 0 Å². The van der Waals surface area contributed by atoms with Crippen LogP contribution in [0.15, 0.2) is 18.3 Å². The molecule has 0 atom stereocenters. The molecule has 2 heterocycles. The summed E-state index contributed by atoms with van der Waals surface area (Å²) in [6.45, 7) is 4.67. The summed E-state index contributed by atoms with van der Waals surface area (Å²) in [5.41, 5.74) is 9.11. The zero-order valence-corrected chi connectivity index (χ0v) is 12.9. The number of nitrogens with two attached hydrogens (primary N) is 1. The lowest BCUT2D eigenvalue weighted by Crippen LogP contribution is -2.30. The van der Waals surface area contributed by atoms with Crippen LogP contribution in [-0.4, -0.2) is 16.4 Å². The Bertz CT molecular complexity index is 614. The van der Waals surface area contributed by atoms with Crippen LogP contribution in [-0.2, 0) is 19.5 Å². The molecule has 0 unspecified atom stereocenters. The van der Waals surface area contributed by atoms with E-state index < -0.39 is 0 Å². The number of nitrogens with zero attached hydrogens (tertiary/aromatic N) is 2. The molecule has 2 aromatic rings. The van der Waals surface area contributed by atoms with E-state index >= 15 is 0 Å². The quantitative estimate of drug-likeness (QED) is 0.926. The molecule has 0 saturated carbocycles. The summed E-state index contributed by atoms with van der Waals surface area (Å²) in [6, 6.07) is 3.29. The predicted molar refractivity (Wildman–Crippen MR) is 82.7 cm³/mol. The molecule has 0 amide bonds. The van der Waals surface area contributed by atoms with Crippen molar-refractivity contribution in [1.82, 2.24) is 9.88 Å². The van der Waals surface area contributed by atoms with Gasteiger partial charge < -0.3 is 5.73 Å². The van der Waals surface area contributed by atoms with Gasteiger partial charge in [-0.1, -0.05) is 0 Å². The molecule has 3 nitrogen and oxygen atoms in total. The molecule has 0 bridgehead atoms. The van der Waals surface area contributed by atoms with Crippen LogP contribution in [0, 0.1) is 12.7 Å². The number of fused-ring (bicyclic) bond motifs is 1. The van der Waals surface area contributed by atoms with Gasteiger partial charge >= 0.3 is 0 Å². The smallest absolute Gasteiger partial charge is 0.180 e. The Hall–Kier alpha value is -1.17. The SMILES string of the molecule is Cc1cc(F)cc2c1CN(Cc1cnc(N)s1)CC2.Cl. The van der Waals surface area contributed by atoms with E-state index in [1.165, 1.54) is 21.8 Å². The maximum absolute atomic E-state index is 13.4. The van der Waals surface area contributed by atoms with Gasteiger partial charge in [0.15, 0.2) is 5.13 Å². The monoisotopic (exact) mass is 313 g/mol. The molecule has 2 N–H and O–H groups in total. The minimum atomic E-state index is -0.125. The molecule has 1 aromatic heterocycles. The fraction of sp³-hybridized carbons (Fsp3) is 0.357. The first-order valence-electron chi connectivity index (χ1n) is 6.32. The average molecular weight is 314 g/mol. The topological polar surface area (TPSA) is 42.2 Å². The lowest BCUT2D eigenvalue weighted by molar-refractivity contribution is 0.246. The highest BCUT2D eigenvalue weighted by molar-refractivity contribution is 7.15. The third-order valence-electron chi connectivity index (χ3n) is 3.56. The average Bonchev–Trinajstić information content (AvgIpc) is 2.75. The fourth-order valence-electron chi connectivity index (χ4n) is 2.62. The van der Waals surface area contributed by atoms with Gasteiger partial charge in [-0.3, -0.25) is 4.90 Å². The van der Waals surface area contributed by atoms with Crippen molar-refractivity contribution in [3.63, 3.8) is 0 Å². The van der Waals surface area contributed by atoms with Gasteiger partial charge in [-0.15, -0.1) is 23.7 Å². The molecule has 0 saturated heterocycles. The summed E-state index contributed by atoms with van der Waals surface area (Å²) in [7, 11) is 0. The van der Waals surface area contributed by atoms with E-state index in [2.05, 4.69) is 9.88 Å². The Labute approximate surface area is 128 Å². The summed E-state index contributed by atoms with van der Waals surface area (Å²) in [4.78, 5) is 7.62. The highest BCUT2D eigenvalue weighted by Crippen LogP contribution is 2.26. The number of thiazole rings is 1. The second kappa shape index (κ2) is 6.08. The Morgan fingerprint density at radius 2 is 2.25 bits per heavy atom. The van der Waals surface area contributed by atoms with Gasteiger partial charge in [-0.05, 0) is 42.2 Å². The molecular weight excluding hydrogens is 297 g/mol. The maximum atomic E-state index is 13.4. The predicted octanol–water partition coefficient (Wildman–Crippen LogP) is 3.15. The van der Waals surface area contributed by atoms with Crippen LogP contribution in [0.2, 0.25) is 0 Å². The van der Waals surface area contributed by atoms with E-state index in [0.717, 1.165) is 37.2 Å². The van der Waals surface area contributed by atoms with E-state index in [4.69, 9.17) is 5.73 Å². The van der Waals surface area contributed by atoms with Crippen LogP contribution in [0.1, 0.15) is 21.6 Å². The van der Waals surface area contributed by atoms with Crippen LogP contribution < -0.4 is 5.73 Å². The van der Waals surface area contributed by atoms with Crippen molar-refractivity contribution in [2.45, 2.75) is 26.4 Å². The molecule has 0 aliphatic carbocycles. The number of benzene rings is 1. The Morgan fingerprint density at radius 1 is 1.45 bits per heavy atom. The van der Waals surface area contributed by atoms with Crippen molar-refractivity contribution in [3.05, 3.63) is 45.7 Å². The summed E-state index contributed by atoms with van der Waals surface area (Å²) in [5.74, 6) is -0.125. The van der Waals surface area contributed by atoms with Crippen LogP contribution in [0.5, 0.6) is 0 Å². The van der Waals surface area contributed by atoms with E-state index in [-0.39, 0.29) is 18.2 Å². The standard InChI is InChI=1S/C14H16FN3S.ClH/c1-9-4-11(15)5-10-2-3-18(8-13(9)10)7-12-6-17-14(16)19-12;/h4-6H,2-3,7-8H2,1H3,(H2,16,17);1H. The number of nitrogen functional groups attached to an aromatic ring is 1. The van der Waals surface area contributed by atoms with Crippen LogP contribution in [0.25, 0.3) is 0 Å². The zero-order valence-electron chi connectivity index (χ0n) is 11.2.